The van der Waals surface area contributed by atoms with Gasteiger partial charge < -0.3 is 20.1 Å². The average molecular weight is 329 g/mol. The lowest BCUT2D eigenvalue weighted by atomic mass is 9.96. The second-order valence-electron chi connectivity index (χ2n) is 5.12. The van der Waals surface area contributed by atoms with Crippen molar-refractivity contribution in [3.8, 4) is 11.5 Å². The monoisotopic (exact) mass is 328 g/mol. The number of nitrogens with one attached hydrogen (secondary N) is 2. The van der Waals surface area contributed by atoms with Crippen LogP contribution in [0, 0.1) is 0 Å². The summed E-state index contributed by atoms with van der Waals surface area (Å²) >= 11 is 11.5. The van der Waals surface area contributed by atoms with Crippen molar-refractivity contribution < 1.29 is 9.47 Å². The molecule has 1 aromatic carbocycles. The highest BCUT2D eigenvalue weighted by molar-refractivity contribution is 7.80. The van der Waals surface area contributed by atoms with Gasteiger partial charge in [0.25, 0.3) is 0 Å². The molecule has 6 heteroatoms. The number of anilines is 1. The van der Waals surface area contributed by atoms with Crippen LogP contribution in [0.1, 0.15) is 32.1 Å². The maximum atomic E-state index is 6.15. The molecule has 1 fully saturated rings. The molecule has 2 rings (SSSR count). The Bertz CT molecular complexity index is 505. The van der Waals surface area contributed by atoms with Crippen molar-refractivity contribution >= 4 is 34.6 Å². The van der Waals surface area contributed by atoms with E-state index in [-0.39, 0.29) is 0 Å². The topological polar surface area (TPSA) is 42.5 Å². The number of thiocarbonyl (C=S) groups is 1. The van der Waals surface area contributed by atoms with Crippen molar-refractivity contribution in [3.63, 3.8) is 0 Å². The summed E-state index contributed by atoms with van der Waals surface area (Å²) < 4.78 is 10.5. The van der Waals surface area contributed by atoms with Crippen LogP contribution in [-0.2, 0) is 0 Å². The quantitative estimate of drug-likeness (QED) is 0.818. The minimum atomic E-state index is 0.457. The first-order valence-electron chi connectivity index (χ1n) is 7.13. The first-order valence-corrected chi connectivity index (χ1v) is 7.91. The molecule has 1 aromatic rings. The van der Waals surface area contributed by atoms with E-state index in [1.54, 1.807) is 26.4 Å². The molecular weight excluding hydrogens is 308 g/mol. The molecule has 1 aliphatic carbocycles. The predicted molar refractivity (Wildman–Crippen MR) is 90.8 cm³/mol. The normalized spacial score (nSPS) is 15.4. The smallest absolute Gasteiger partial charge is 0.171 e. The van der Waals surface area contributed by atoms with E-state index in [4.69, 9.17) is 33.3 Å². The summed E-state index contributed by atoms with van der Waals surface area (Å²) in [5.41, 5.74) is 0.733. The van der Waals surface area contributed by atoms with E-state index in [9.17, 15) is 0 Å². The zero-order chi connectivity index (χ0) is 15.2. The molecular formula is C15H21ClN2O2S. The molecule has 116 valence electrons. The molecule has 0 saturated heterocycles. The fourth-order valence-corrected chi connectivity index (χ4v) is 3.07. The molecule has 0 amide bonds. The third-order valence-electron chi connectivity index (χ3n) is 3.66. The number of benzene rings is 1. The number of hydrogen-bond donors (Lipinski definition) is 2. The van der Waals surface area contributed by atoms with Gasteiger partial charge in [0.2, 0.25) is 0 Å². The van der Waals surface area contributed by atoms with Gasteiger partial charge in [0, 0.05) is 12.1 Å². The third-order valence-corrected chi connectivity index (χ3v) is 4.18. The minimum absolute atomic E-state index is 0.457. The van der Waals surface area contributed by atoms with Crippen LogP contribution < -0.4 is 20.1 Å². The van der Waals surface area contributed by atoms with Gasteiger partial charge in [-0.2, -0.15) is 0 Å². The Kier molecular flexibility index (Phi) is 5.94. The Balaban J connectivity index is 2.03. The second kappa shape index (κ2) is 7.71. The van der Waals surface area contributed by atoms with E-state index in [2.05, 4.69) is 10.6 Å². The molecule has 0 aliphatic heterocycles. The van der Waals surface area contributed by atoms with Gasteiger partial charge in [-0.25, -0.2) is 0 Å². The van der Waals surface area contributed by atoms with Gasteiger partial charge in [0.05, 0.1) is 24.9 Å². The van der Waals surface area contributed by atoms with Crippen molar-refractivity contribution in [2.45, 2.75) is 38.1 Å². The molecule has 0 aromatic heterocycles. The van der Waals surface area contributed by atoms with Crippen molar-refractivity contribution in [1.82, 2.24) is 5.32 Å². The SMILES string of the molecule is COc1cc(OC)c(NC(=S)NC2CCCCC2)cc1Cl. The van der Waals surface area contributed by atoms with Crippen LogP contribution >= 0.6 is 23.8 Å². The van der Waals surface area contributed by atoms with Crippen LogP contribution in [0.5, 0.6) is 11.5 Å². The van der Waals surface area contributed by atoms with Crippen molar-refractivity contribution in [1.29, 1.82) is 0 Å². The van der Waals surface area contributed by atoms with Crippen LogP contribution in [0.2, 0.25) is 5.02 Å². The van der Waals surface area contributed by atoms with Crippen LogP contribution in [0.3, 0.4) is 0 Å². The molecule has 0 spiro atoms. The number of rotatable bonds is 4. The van der Waals surface area contributed by atoms with E-state index < -0.39 is 0 Å². The Morgan fingerprint density at radius 3 is 2.43 bits per heavy atom. The highest BCUT2D eigenvalue weighted by Gasteiger charge is 2.15. The molecule has 0 heterocycles. The van der Waals surface area contributed by atoms with Gasteiger partial charge in [-0.1, -0.05) is 30.9 Å². The largest absolute Gasteiger partial charge is 0.495 e. The average Bonchev–Trinajstić information content (AvgIpc) is 2.48. The zero-order valence-electron chi connectivity index (χ0n) is 12.4. The summed E-state index contributed by atoms with van der Waals surface area (Å²) in [7, 11) is 3.18. The first-order chi connectivity index (χ1) is 10.1. The van der Waals surface area contributed by atoms with Crippen molar-refractivity contribution in [2.24, 2.45) is 0 Å². The van der Waals surface area contributed by atoms with Crippen LogP contribution in [0.15, 0.2) is 12.1 Å². The summed E-state index contributed by atoms with van der Waals surface area (Å²) in [6.45, 7) is 0. The summed E-state index contributed by atoms with van der Waals surface area (Å²) in [6, 6.07) is 3.96. The number of ether oxygens (including phenoxy) is 2. The second-order valence-corrected chi connectivity index (χ2v) is 5.94. The number of methoxy groups -OCH3 is 2. The number of halogens is 1. The van der Waals surface area contributed by atoms with Gasteiger partial charge in [0.1, 0.15) is 11.5 Å². The van der Waals surface area contributed by atoms with Gasteiger partial charge in [0.15, 0.2) is 5.11 Å². The Hall–Kier alpha value is -1.20. The highest BCUT2D eigenvalue weighted by Crippen LogP contribution is 2.35. The summed E-state index contributed by atoms with van der Waals surface area (Å²) in [5.74, 6) is 1.22. The predicted octanol–water partition coefficient (Wildman–Crippen LogP) is 3.98. The molecule has 0 unspecified atom stereocenters. The maximum Gasteiger partial charge on any atom is 0.171 e. The standard InChI is InChI=1S/C15H21ClN2O2S/c1-19-13-9-14(20-2)12(8-11(13)16)18-15(21)17-10-6-4-3-5-7-10/h8-10H,3-7H2,1-2H3,(H2,17,18,21). The van der Waals surface area contributed by atoms with E-state index in [0.717, 1.165) is 5.69 Å². The summed E-state index contributed by atoms with van der Waals surface area (Å²) in [4.78, 5) is 0. The lowest BCUT2D eigenvalue weighted by Gasteiger charge is -2.24. The lowest BCUT2D eigenvalue weighted by Crippen LogP contribution is -2.38. The van der Waals surface area contributed by atoms with Crippen LogP contribution in [-0.4, -0.2) is 25.4 Å². The van der Waals surface area contributed by atoms with E-state index in [0.29, 0.717) is 27.7 Å². The third kappa shape index (κ3) is 4.38. The van der Waals surface area contributed by atoms with E-state index >= 15 is 0 Å². The van der Waals surface area contributed by atoms with Crippen LogP contribution in [0.25, 0.3) is 0 Å². The minimum Gasteiger partial charge on any atom is -0.495 e. The fraction of sp³-hybridized carbons (Fsp3) is 0.533. The van der Waals surface area contributed by atoms with E-state index in [1.165, 1.54) is 32.1 Å². The number of hydrogen-bond acceptors (Lipinski definition) is 3. The van der Waals surface area contributed by atoms with Gasteiger partial charge in [-0.3, -0.25) is 0 Å². The Morgan fingerprint density at radius 2 is 1.81 bits per heavy atom. The molecule has 2 N–H and O–H groups in total. The van der Waals surface area contributed by atoms with Crippen molar-refractivity contribution in [3.05, 3.63) is 17.2 Å². The molecule has 0 atom stereocenters. The maximum absolute atomic E-state index is 6.15. The Morgan fingerprint density at radius 1 is 1.14 bits per heavy atom. The first kappa shape index (κ1) is 16.2. The molecule has 0 bridgehead atoms. The molecule has 0 radical (unpaired) electrons. The molecule has 21 heavy (non-hydrogen) atoms. The fourth-order valence-electron chi connectivity index (χ4n) is 2.55. The molecule has 1 saturated carbocycles. The van der Waals surface area contributed by atoms with E-state index in [1.807, 2.05) is 0 Å². The summed E-state index contributed by atoms with van der Waals surface area (Å²) in [5, 5.41) is 7.63. The molecule has 1 aliphatic rings. The Labute approximate surface area is 136 Å². The molecule has 4 nitrogen and oxygen atoms in total. The van der Waals surface area contributed by atoms with Crippen molar-refractivity contribution in [2.75, 3.05) is 19.5 Å². The van der Waals surface area contributed by atoms with Gasteiger partial charge >= 0.3 is 0 Å². The van der Waals surface area contributed by atoms with Gasteiger partial charge in [-0.15, -0.1) is 0 Å². The van der Waals surface area contributed by atoms with Gasteiger partial charge in [-0.05, 0) is 31.1 Å². The lowest BCUT2D eigenvalue weighted by molar-refractivity contribution is 0.395. The summed E-state index contributed by atoms with van der Waals surface area (Å²) in [6.07, 6.45) is 6.18. The zero-order valence-corrected chi connectivity index (χ0v) is 13.9. The highest BCUT2D eigenvalue weighted by atomic mass is 35.5. The van der Waals surface area contributed by atoms with Crippen LogP contribution in [0.4, 0.5) is 5.69 Å².